The molecule has 2 fully saturated rings. The number of carbonyl (C=O) groups excluding carboxylic acids is 2. The van der Waals surface area contributed by atoms with Crippen molar-refractivity contribution < 1.29 is 22.7 Å². The van der Waals surface area contributed by atoms with Crippen molar-refractivity contribution in [3.8, 4) is 5.75 Å². The molecule has 1 aliphatic heterocycles. The Labute approximate surface area is 178 Å². The minimum absolute atomic E-state index is 0.0308. The molecule has 0 unspecified atom stereocenters. The normalized spacial score (nSPS) is 19.6. The number of imide groups is 1. The third-order valence-electron chi connectivity index (χ3n) is 5.32. The first-order chi connectivity index (χ1) is 14.3. The van der Waals surface area contributed by atoms with E-state index in [1.165, 1.54) is 12.8 Å². The van der Waals surface area contributed by atoms with Crippen LogP contribution in [0.2, 0.25) is 0 Å². The van der Waals surface area contributed by atoms with E-state index in [-0.39, 0.29) is 23.6 Å². The molecule has 8 heteroatoms. The fourth-order valence-corrected chi connectivity index (χ4v) is 4.68. The number of unbranched alkanes of at least 4 members (excludes halogenated alkanes) is 2. The fourth-order valence-electron chi connectivity index (χ4n) is 3.31. The van der Waals surface area contributed by atoms with Gasteiger partial charge in [0.2, 0.25) is 15.9 Å². The average Bonchev–Trinajstić information content (AvgIpc) is 3.52. The SMILES string of the molecule is C[C@@H](NS(=O)(=O)CCCC/C=C1\CCC(=O)NC1=O)c1cccc(OCC2CC2)c1. The Bertz CT molecular complexity index is 906. The highest BCUT2D eigenvalue weighted by molar-refractivity contribution is 7.89. The van der Waals surface area contributed by atoms with Crippen LogP contribution >= 0.6 is 0 Å². The van der Waals surface area contributed by atoms with Crippen molar-refractivity contribution in [3.05, 3.63) is 41.5 Å². The number of piperidine rings is 1. The summed E-state index contributed by atoms with van der Waals surface area (Å²) < 4.78 is 33.3. The van der Waals surface area contributed by atoms with Crippen LogP contribution in [0.15, 0.2) is 35.9 Å². The summed E-state index contributed by atoms with van der Waals surface area (Å²) in [6, 6.07) is 7.21. The van der Waals surface area contributed by atoms with E-state index in [9.17, 15) is 18.0 Å². The molecule has 0 radical (unpaired) electrons. The molecule has 1 aliphatic carbocycles. The van der Waals surface area contributed by atoms with Gasteiger partial charge in [0.1, 0.15) is 5.75 Å². The van der Waals surface area contributed by atoms with Crippen LogP contribution in [0.1, 0.15) is 63.5 Å². The summed E-state index contributed by atoms with van der Waals surface area (Å²) in [7, 11) is -3.42. The van der Waals surface area contributed by atoms with E-state index in [0.717, 1.165) is 17.9 Å². The van der Waals surface area contributed by atoms with Crippen LogP contribution in [-0.2, 0) is 19.6 Å². The Kier molecular flexibility index (Phi) is 7.66. The molecule has 164 valence electrons. The van der Waals surface area contributed by atoms with E-state index in [2.05, 4.69) is 10.0 Å². The van der Waals surface area contributed by atoms with Crippen molar-refractivity contribution in [2.45, 2.75) is 57.9 Å². The summed E-state index contributed by atoms with van der Waals surface area (Å²) in [5, 5.41) is 2.29. The molecule has 2 aliphatic rings. The van der Waals surface area contributed by atoms with E-state index in [0.29, 0.717) is 43.6 Å². The first-order valence-corrected chi connectivity index (χ1v) is 12.2. The second-order valence-electron chi connectivity index (χ2n) is 8.09. The number of carbonyl (C=O) groups is 2. The molecule has 1 saturated heterocycles. The Morgan fingerprint density at radius 2 is 2.03 bits per heavy atom. The lowest BCUT2D eigenvalue weighted by Gasteiger charge is -2.16. The van der Waals surface area contributed by atoms with Gasteiger partial charge in [0.25, 0.3) is 5.91 Å². The number of rotatable bonds is 11. The summed E-state index contributed by atoms with van der Waals surface area (Å²) in [6.07, 6.45) is 6.78. The zero-order valence-corrected chi connectivity index (χ0v) is 18.2. The lowest BCUT2D eigenvalue weighted by molar-refractivity contribution is -0.130. The molecule has 1 aromatic rings. The summed E-state index contributed by atoms with van der Waals surface area (Å²) >= 11 is 0. The summed E-state index contributed by atoms with van der Waals surface area (Å²) in [5.41, 5.74) is 1.47. The van der Waals surface area contributed by atoms with Gasteiger partial charge in [-0.1, -0.05) is 18.2 Å². The van der Waals surface area contributed by atoms with Crippen molar-refractivity contribution in [2.24, 2.45) is 5.92 Å². The van der Waals surface area contributed by atoms with Crippen LogP contribution < -0.4 is 14.8 Å². The van der Waals surface area contributed by atoms with E-state index in [1.54, 1.807) is 6.08 Å². The third kappa shape index (κ3) is 7.25. The molecular weight excluding hydrogens is 404 g/mol. The zero-order chi connectivity index (χ0) is 21.6. The molecule has 1 aromatic carbocycles. The van der Waals surface area contributed by atoms with Gasteiger partial charge in [0.15, 0.2) is 0 Å². The minimum Gasteiger partial charge on any atom is -0.493 e. The zero-order valence-electron chi connectivity index (χ0n) is 17.4. The molecule has 30 heavy (non-hydrogen) atoms. The van der Waals surface area contributed by atoms with Crippen molar-refractivity contribution in [2.75, 3.05) is 12.4 Å². The number of benzene rings is 1. The topological polar surface area (TPSA) is 102 Å². The smallest absolute Gasteiger partial charge is 0.253 e. The number of amides is 2. The summed E-state index contributed by atoms with van der Waals surface area (Å²) in [6.45, 7) is 2.54. The molecule has 0 spiro atoms. The molecule has 0 bridgehead atoms. The van der Waals surface area contributed by atoms with Crippen LogP contribution in [0.3, 0.4) is 0 Å². The van der Waals surface area contributed by atoms with Gasteiger partial charge < -0.3 is 4.74 Å². The molecule has 1 heterocycles. The highest BCUT2D eigenvalue weighted by atomic mass is 32.2. The lowest BCUT2D eigenvalue weighted by Crippen LogP contribution is -2.35. The van der Waals surface area contributed by atoms with Crippen LogP contribution in [0, 0.1) is 5.92 Å². The second kappa shape index (κ2) is 10.2. The maximum absolute atomic E-state index is 12.4. The van der Waals surface area contributed by atoms with Gasteiger partial charge in [0.05, 0.1) is 12.4 Å². The standard InChI is InChI=1S/C22H30N2O5S/c1-16(19-7-5-8-20(14-19)29-15-17-9-10-17)24-30(27,28)13-4-2-3-6-18-11-12-21(25)23-22(18)26/h5-8,14,16-17,24H,2-4,9-13,15H2,1H3,(H,23,25,26)/b18-6+/t16-/m1/s1. The molecule has 2 N–H and O–H groups in total. The number of hydrogen-bond acceptors (Lipinski definition) is 5. The van der Waals surface area contributed by atoms with E-state index in [4.69, 9.17) is 4.74 Å². The van der Waals surface area contributed by atoms with Gasteiger partial charge in [0, 0.05) is 18.0 Å². The molecule has 1 saturated carbocycles. The Balaban J connectivity index is 1.41. The monoisotopic (exact) mass is 434 g/mol. The average molecular weight is 435 g/mol. The largest absolute Gasteiger partial charge is 0.493 e. The number of ether oxygens (including phenoxy) is 1. The van der Waals surface area contributed by atoms with Crippen molar-refractivity contribution in [3.63, 3.8) is 0 Å². The van der Waals surface area contributed by atoms with Gasteiger partial charge >= 0.3 is 0 Å². The number of sulfonamides is 1. The molecule has 0 aromatic heterocycles. The lowest BCUT2D eigenvalue weighted by atomic mass is 10.0. The van der Waals surface area contributed by atoms with E-state index < -0.39 is 10.0 Å². The Hall–Kier alpha value is -2.19. The summed E-state index contributed by atoms with van der Waals surface area (Å²) in [4.78, 5) is 22.8. The highest BCUT2D eigenvalue weighted by Crippen LogP contribution is 2.30. The molecule has 3 rings (SSSR count). The quantitative estimate of drug-likeness (QED) is 0.317. The van der Waals surface area contributed by atoms with Gasteiger partial charge in [-0.15, -0.1) is 0 Å². The van der Waals surface area contributed by atoms with Crippen molar-refractivity contribution in [1.29, 1.82) is 0 Å². The predicted octanol–water partition coefficient (Wildman–Crippen LogP) is 2.99. The maximum Gasteiger partial charge on any atom is 0.253 e. The Morgan fingerprint density at radius 3 is 2.77 bits per heavy atom. The van der Waals surface area contributed by atoms with Crippen LogP contribution in [-0.4, -0.2) is 32.6 Å². The number of allylic oxidation sites excluding steroid dienone is 1. The number of nitrogens with one attached hydrogen (secondary N) is 2. The van der Waals surface area contributed by atoms with Crippen LogP contribution in [0.5, 0.6) is 5.75 Å². The van der Waals surface area contributed by atoms with Gasteiger partial charge in [-0.25, -0.2) is 13.1 Å². The number of hydrogen-bond donors (Lipinski definition) is 2. The van der Waals surface area contributed by atoms with Crippen molar-refractivity contribution >= 4 is 21.8 Å². The second-order valence-corrected chi connectivity index (χ2v) is 9.96. The molecule has 2 amide bonds. The predicted molar refractivity (Wildman–Crippen MR) is 114 cm³/mol. The van der Waals surface area contributed by atoms with Gasteiger partial charge in [-0.05, 0) is 69.1 Å². The fraction of sp³-hybridized carbons (Fsp3) is 0.545. The van der Waals surface area contributed by atoms with E-state index in [1.807, 2.05) is 31.2 Å². The van der Waals surface area contributed by atoms with Crippen LogP contribution in [0.25, 0.3) is 0 Å². The van der Waals surface area contributed by atoms with E-state index >= 15 is 0 Å². The highest BCUT2D eigenvalue weighted by Gasteiger charge is 2.22. The first kappa shape index (κ1) is 22.5. The summed E-state index contributed by atoms with van der Waals surface area (Å²) in [5.74, 6) is 0.881. The molecular formula is C22H30N2O5S. The Morgan fingerprint density at radius 1 is 1.23 bits per heavy atom. The molecule has 1 atom stereocenters. The maximum atomic E-state index is 12.4. The van der Waals surface area contributed by atoms with Gasteiger partial charge in [-0.3, -0.25) is 14.9 Å². The molecule has 7 nitrogen and oxygen atoms in total. The minimum atomic E-state index is -3.42. The third-order valence-corrected chi connectivity index (χ3v) is 6.86. The van der Waals surface area contributed by atoms with Crippen LogP contribution in [0.4, 0.5) is 0 Å². The van der Waals surface area contributed by atoms with Crippen molar-refractivity contribution in [1.82, 2.24) is 10.0 Å². The van der Waals surface area contributed by atoms with Gasteiger partial charge in [-0.2, -0.15) is 0 Å². The first-order valence-electron chi connectivity index (χ1n) is 10.6.